The number of methoxy groups -OCH3 is 2. The first-order chi connectivity index (χ1) is 10.7. The first kappa shape index (κ1) is 16.3. The van der Waals surface area contributed by atoms with E-state index in [1.165, 1.54) is 0 Å². The van der Waals surface area contributed by atoms with E-state index in [0.29, 0.717) is 36.6 Å². The summed E-state index contributed by atoms with van der Waals surface area (Å²) in [5.41, 5.74) is 2.38. The van der Waals surface area contributed by atoms with Gasteiger partial charge in [0.15, 0.2) is 11.5 Å². The third kappa shape index (κ3) is 3.55. The number of nitrogens with zero attached hydrogens (tertiary/aromatic N) is 3. The predicted octanol–water partition coefficient (Wildman–Crippen LogP) is 0.761. The molecule has 0 amide bonds. The molecule has 22 heavy (non-hydrogen) atoms. The third-order valence-electron chi connectivity index (χ3n) is 3.42. The van der Waals surface area contributed by atoms with Gasteiger partial charge in [-0.3, -0.25) is 0 Å². The standard InChI is InChI=1S/C15H21N3O4/c1-21-14-5-4-11(9-15(14)22-2)8-13-12(10-20)16-17-18(13)6-3-7-19/h4-5,9,19-20H,3,6-8,10H2,1-2H3. The third-order valence-corrected chi connectivity index (χ3v) is 3.42. The van der Waals surface area contributed by atoms with Crippen LogP contribution in [-0.2, 0) is 19.6 Å². The van der Waals surface area contributed by atoms with Crippen LogP contribution in [0.4, 0.5) is 0 Å². The monoisotopic (exact) mass is 307 g/mol. The lowest BCUT2D eigenvalue weighted by molar-refractivity contribution is 0.273. The molecule has 0 bridgehead atoms. The number of aliphatic hydroxyl groups is 2. The lowest BCUT2D eigenvalue weighted by atomic mass is 10.1. The van der Waals surface area contributed by atoms with E-state index in [9.17, 15) is 5.11 Å². The Labute approximate surface area is 129 Å². The largest absolute Gasteiger partial charge is 0.493 e. The molecule has 0 fully saturated rings. The van der Waals surface area contributed by atoms with E-state index in [4.69, 9.17) is 14.6 Å². The van der Waals surface area contributed by atoms with Crippen molar-refractivity contribution in [3.8, 4) is 11.5 Å². The number of benzene rings is 1. The fourth-order valence-corrected chi connectivity index (χ4v) is 2.27. The number of aliphatic hydroxyl groups excluding tert-OH is 2. The van der Waals surface area contributed by atoms with Crippen LogP contribution < -0.4 is 9.47 Å². The summed E-state index contributed by atoms with van der Waals surface area (Å²) in [5, 5.41) is 26.4. The molecule has 0 unspecified atom stereocenters. The normalized spacial score (nSPS) is 10.7. The van der Waals surface area contributed by atoms with Crippen LogP contribution in [0.2, 0.25) is 0 Å². The average Bonchev–Trinajstić information content (AvgIpc) is 2.94. The molecule has 1 heterocycles. The van der Waals surface area contributed by atoms with Crippen molar-refractivity contribution in [3.05, 3.63) is 35.2 Å². The zero-order valence-corrected chi connectivity index (χ0v) is 12.8. The quantitative estimate of drug-likeness (QED) is 0.748. The van der Waals surface area contributed by atoms with Crippen molar-refractivity contribution in [2.45, 2.75) is 26.0 Å². The van der Waals surface area contributed by atoms with Crippen molar-refractivity contribution in [3.63, 3.8) is 0 Å². The molecule has 2 rings (SSSR count). The highest BCUT2D eigenvalue weighted by atomic mass is 16.5. The maximum Gasteiger partial charge on any atom is 0.160 e. The average molecular weight is 307 g/mol. The van der Waals surface area contributed by atoms with Gasteiger partial charge in [-0.05, 0) is 24.1 Å². The van der Waals surface area contributed by atoms with Gasteiger partial charge in [0.25, 0.3) is 0 Å². The number of aryl methyl sites for hydroxylation is 1. The van der Waals surface area contributed by atoms with Crippen molar-refractivity contribution in [1.82, 2.24) is 15.0 Å². The molecule has 0 saturated heterocycles. The first-order valence-corrected chi connectivity index (χ1v) is 7.07. The molecular formula is C15H21N3O4. The van der Waals surface area contributed by atoms with Crippen LogP contribution >= 0.6 is 0 Å². The van der Waals surface area contributed by atoms with E-state index in [2.05, 4.69) is 10.3 Å². The molecule has 1 aromatic carbocycles. The number of rotatable bonds is 8. The summed E-state index contributed by atoms with van der Waals surface area (Å²) in [7, 11) is 3.18. The highest BCUT2D eigenvalue weighted by Gasteiger charge is 2.14. The number of aromatic nitrogens is 3. The molecule has 2 aromatic rings. The van der Waals surface area contributed by atoms with Crippen molar-refractivity contribution in [2.75, 3.05) is 20.8 Å². The van der Waals surface area contributed by atoms with Crippen molar-refractivity contribution < 1.29 is 19.7 Å². The summed E-state index contributed by atoms with van der Waals surface area (Å²) in [6.07, 6.45) is 1.15. The molecule has 1 aromatic heterocycles. The second-order valence-electron chi connectivity index (χ2n) is 4.81. The van der Waals surface area contributed by atoms with Crippen LogP contribution in [0.25, 0.3) is 0 Å². The molecule has 7 heteroatoms. The second kappa shape index (κ2) is 7.77. The Hall–Kier alpha value is -2.12. The van der Waals surface area contributed by atoms with Crippen LogP contribution in [0.15, 0.2) is 18.2 Å². The molecule has 0 saturated carbocycles. The molecular weight excluding hydrogens is 286 g/mol. The van der Waals surface area contributed by atoms with Crippen LogP contribution in [-0.4, -0.2) is 46.0 Å². The van der Waals surface area contributed by atoms with Gasteiger partial charge in [-0.25, -0.2) is 4.68 Å². The van der Waals surface area contributed by atoms with Gasteiger partial charge in [0, 0.05) is 19.6 Å². The Morgan fingerprint density at radius 1 is 1.14 bits per heavy atom. The Kier molecular flexibility index (Phi) is 5.74. The van der Waals surface area contributed by atoms with Crippen molar-refractivity contribution in [2.24, 2.45) is 0 Å². The fourth-order valence-electron chi connectivity index (χ4n) is 2.27. The highest BCUT2D eigenvalue weighted by molar-refractivity contribution is 5.44. The summed E-state index contributed by atoms with van der Waals surface area (Å²) in [6.45, 7) is 0.484. The molecule has 7 nitrogen and oxygen atoms in total. The van der Waals surface area contributed by atoms with Crippen LogP contribution in [0, 0.1) is 0 Å². The van der Waals surface area contributed by atoms with Gasteiger partial charge in [-0.1, -0.05) is 11.3 Å². The van der Waals surface area contributed by atoms with Crippen molar-refractivity contribution >= 4 is 0 Å². The summed E-state index contributed by atoms with van der Waals surface area (Å²) >= 11 is 0. The van der Waals surface area contributed by atoms with Crippen molar-refractivity contribution in [1.29, 1.82) is 0 Å². The van der Waals surface area contributed by atoms with E-state index in [1.54, 1.807) is 18.9 Å². The minimum absolute atomic E-state index is 0.0874. The lowest BCUT2D eigenvalue weighted by Gasteiger charge is -2.11. The molecule has 0 spiro atoms. The molecule has 120 valence electrons. The summed E-state index contributed by atoms with van der Waals surface area (Å²) < 4.78 is 12.2. The number of ether oxygens (including phenoxy) is 2. The molecule has 0 aliphatic carbocycles. The molecule has 0 aliphatic heterocycles. The second-order valence-corrected chi connectivity index (χ2v) is 4.81. The Morgan fingerprint density at radius 3 is 2.55 bits per heavy atom. The molecule has 0 aliphatic rings. The number of hydrogen-bond acceptors (Lipinski definition) is 6. The SMILES string of the molecule is COc1ccc(Cc2c(CO)nnn2CCCO)cc1OC. The van der Waals surface area contributed by atoms with Crippen LogP contribution in [0.5, 0.6) is 11.5 Å². The molecule has 2 N–H and O–H groups in total. The number of hydrogen-bond donors (Lipinski definition) is 2. The summed E-state index contributed by atoms with van der Waals surface area (Å²) in [4.78, 5) is 0. The topological polar surface area (TPSA) is 89.6 Å². The minimum atomic E-state index is -0.165. The van der Waals surface area contributed by atoms with Gasteiger partial charge in [-0.15, -0.1) is 5.10 Å². The Bertz CT molecular complexity index is 613. The van der Waals surface area contributed by atoms with E-state index in [0.717, 1.165) is 11.3 Å². The van der Waals surface area contributed by atoms with Gasteiger partial charge in [0.05, 0.1) is 26.5 Å². The van der Waals surface area contributed by atoms with E-state index in [1.807, 2.05) is 18.2 Å². The minimum Gasteiger partial charge on any atom is -0.493 e. The highest BCUT2D eigenvalue weighted by Crippen LogP contribution is 2.28. The zero-order chi connectivity index (χ0) is 15.9. The summed E-state index contributed by atoms with van der Waals surface area (Å²) in [6, 6.07) is 5.67. The van der Waals surface area contributed by atoms with Crippen LogP contribution in [0.3, 0.4) is 0 Å². The Balaban J connectivity index is 2.27. The van der Waals surface area contributed by atoms with E-state index >= 15 is 0 Å². The first-order valence-electron chi connectivity index (χ1n) is 7.07. The maximum atomic E-state index is 9.41. The Morgan fingerprint density at radius 2 is 1.91 bits per heavy atom. The van der Waals surface area contributed by atoms with Gasteiger partial charge in [-0.2, -0.15) is 0 Å². The van der Waals surface area contributed by atoms with Gasteiger partial charge >= 0.3 is 0 Å². The van der Waals surface area contributed by atoms with Gasteiger partial charge in [0.2, 0.25) is 0 Å². The molecule has 0 radical (unpaired) electrons. The van der Waals surface area contributed by atoms with E-state index < -0.39 is 0 Å². The van der Waals surface area contributed by atoms with E-state index in [-0.39, 0.29) is 13.2 Å². The predicted molar refractivity (Wildman–Crippen MR) is 80.0 cm³/mol. The van der Waals surface area contributed by atoms with Crippen LogP contribution in [0.1, 0.15) is 23.4 Å². The smallest absolute Gasteiger partial charge is 0.160 e. The fraction of sp³-hybridized carbons (Fsp3) is 0.467. The summed E-state index contributed by atoms with van der Waals surface area (Å²) in [5.74, 6) is 1.32. The zero-order valence-electron chi connectivity index (χ0n) is 12.8. The van der Waals surface area contributed by atoms with Gasteiger partial charge in [0.1, 0.15) is 5.69 Å². The molecule has 0 atom stereocenters. The lowest BCUT2D eigenvalue weighted by Crippen LogP contribution is -2.08. The van der Waals surface area contributed by atoms with Gasteiger partial charge < -0.3 is 19.7 Å². The maximum absolute atomic E-state index is 9.41.